The number of aliphatic hydroxyl groups excluding tert-OH is 2. The minimum Gasteiger partial charge on any atom is -0.496 e. The van der Waals surface area contributed by atoms with E-state index >= 15 is 0 Å². The first-order valence-corrected chi connectivity index (χ1v) is 11.2. The van der Waals surface area contributed by atoms with Gasteiger partial charge in [0.1, 0.15) is 17.9 Å². The summed E-state index contributed by atoms with van der Waals surface area (Å²) in [6.45, 7) is 0. The Balaban J connectivity index is 2.20. The molecule has 0 spiro atoms. The number of aliphatic carboxylic acids is 1. The first kappa shape index (κ1) is 26.2. The highest BCUT2D eigenvalue weighted by Crippen LogP contribution is 2.26. The highest BCUT2D eigenvalue weighted by Gasteiger charge is 2.35. The van der Waals surface area contributed by atoms with Gasteiger partial charge in [0.2, 0.25) is 11.8 Å². The van der Waals surface area contributed by atoms with E-state index in [1.165, 1.54) is 24.9 Å². The lowest BCUT2D eigenvalue weighted by Crippen LogP contribution is -2.52. The van der Waals surface area contributed by atoms with Gasteiger partial charge in [0.25, 0.3) is 5.91 Å². The molecule has 0 heterocycles. The van der Waals surface area contributed by atoms with Crippen molar-refractivity contribution in [2.24, 2.45) is 5.73 Å². The Labute approximate surface area is 194 Å². The number of carbonyl (C=O) groups excluding carboxylic acids is 3. The van der Waals surface area contributed by atoms with Gasteiger partial charge in [-0.05, 0) is 30.9 Å². The number of thioether (sulfide) groups is 1. The quantitative estimate of drug-likeness (QED) is 0.237. The number of hydrogen-bond donors (Lipinski definition) is 6. The SMILES string of the molecule is COc1cc(SC)ccc1C(=O)N[C@@H]1C=C(C(=O)N[C@@H](CCC(=O)O)C(N)=O)C[C@@H](O)[C@@H]1O. The lowest BCUT2D eigenvalue weighted by molar-refractivity contribution is -0.137. The fourth-order valence-electron chi connectivity index (χ4n) is 3.28. The predicted molar refractivity (Wildman–Crippen MR) is 119 cm³/mol. The molecule has 33 heavy (non-hydrogen) atoms. The monoisotopic (exact) mass is 481 g/mol. The van der Waals surface area contributed by atoms with Gasteiger partial charge in [0.05, 0.1) is 24.8 Å². The number of benzene rings is 1. The van der Waals surface area contributed by atoms with E-state index in [1.807, 2.05) is 6.26 Å². The number of carboxylic acid groups (broad SMARTS) is 1. The third-order valence-electron chi connectivity index (χ3n) is 5.11. The number of carboxylic acids is 1. The maximum atomic E-state index is 12.8. The van der Waals surface area contributed by atoms with Crippen molar-refractivity contribution in [2.45, 2.75) is 48.4 Å². The number of nitrogens with two attached hydrogens (primary N) is 1. The van der Waals surface area contributed by atoms with Crippen LogP contribution >= 0.6 is 11.8 Å². The molecular formula is C21H27N3O8S. The van der Waals surface area contributed by atoms with E-state index in [4.69, 9.17) is 15.6 Å². The summed E-state index contributed by atoms with van der Waals surface area (Å²) in [6, 6.07) is 2.62. The van der Waals surface area contributed by atoms with Gasteiger partial charge in [-0.15, -0.1) is 11.8 Å². The smallest absolute Gasteiger partial charge is 0.303 e. The maximum absolute atomic E-state index is 12.8. The lowest BCUT2D eigenvalue weighted by Gasteiger charge is -2.31. The molecule has 0 aliphatic heterocycles. The lowest BCUT2D eigenvalue weighted by atomic mass is 9.89. The van der Waals surface area contributed by atoms with E-state index < -0.39 is 48.0 Å². The molecule has 0 aromatic heterocycles. The minimum absolute atomic E-state index is 0.00405. The van der Waals surface area contributed by atoms with Crippen LogP contribution in [0.25, 0.3) is 0 Å². The molecule has 0 saturated carbocycles. The van der Waals surface area contributed by atoms with Gasteiger partial charge in [-0.2, -0.15) is 0 Å². The van der Waals surface area contributed by atoms with Crippen LogP contribution in [0, 0.1) is 0 Å². The maximum Gasteiger partial charge on any atom is 0.303 e. The van der Waals surface area contributed by atoms with Crippen LogP contribution in [0.3, 0.4) is 0 Å². The Kier molecular flexibility index (Phi) is 9.26. The Morgan fingerprint density at radius 1 is 1.24 bits per heavy atom. The summed E-state index contributed by atoms with van der Waals surface area (Å²) in [6.07, 6.45) is -0.437. The molecule has 2 rings (SSSR count). The summed E-state index contributed by atoms with van der Waals surface area (Å²) in [4.78, 5) is 48.6. The molecule has 1 aromatic carbocycles. The number of hydrogen-bond acceptors (Lipinski definition) is 8. The molecule has 0 bridgehead atoms. The number of nitrogens with one attached hydrogen (secondary N) is 2. The second kappa shape index (κ2) is 11.7. The van der Waals surface area contributed by atoms with Gasteiger partial charge in [0.15, 0.2) is 0 Å². The summed E-state index contributed by atoms with van der Waals surface area (Å²) in [5, 5.41) is 34.3. The average molecular weight is 482 g/mol. The Bertz CT molecular complexity index is 951. The molecule has 0 unspecified atom stereocenters. The third kappa shape index (κ3) is 6.94. The van der Waals surface area contributed by atoms with E-state index in [0.717, 1.165) is 4.90 Å². The molecule has 7 N–H and O–H groups in total. The van der Waals surface area contributed by atoms with Crippen molar-refractivity contribution in [1.29, 1.82) is 0 Å². The highest BCUT2D eigenvalue weighted by molar-refractivity contribution is 7.98. The number of ether oxygens (including phenoxy) is 1. The van der Waals surface area contributed by atoms with Crippen LogP contribution in [-0.4, -0.2) is 76.7 Å². The summed E-state index contributed by atoms with van der Waals surface area (Å²) < 4.78 is 5.26. The zero-order valence-corrected chi connectivity index (χ0v) is 18.9. The number of methoxy groups -OCH3 is 1. The molecule has 3 amide bonds. The fourth-order valence-corrected chi connectivity index (χ4v) is 3.71. The van der Waals surface area contributed by atoms with E-state index in [0.29, 0.717) is 5.75 Å². The van der Waals surface area contributed by atoms with E-state index in [9.17, 15) is 29.4 Å². The van der Waals surface area contributed by atoms with Crippen molar-refractivity contribution in [3.63, 3.8) is 0 Å². The normalized spacial score (nSPS) is 20.8. The number of aliphatic hydroxyl groups is 2. The number of carbonyl (C=O) groups is 4. The van der Waals surface area contributed by atoms with E-state index in [2.05, 4.69) is 10.6 Å². The number of primary amides is 1. The van der Waals surface area contributed by atoms with Crippen LogP contribution < -0.4 is 21.1 Å². The van der Waals surface area contributed by atoms with Crippen LogP contribution in [0.15, 0.2) is 34.7 Å². The van der Waals surface area contributed by atoms with Gasteiger partial charge in [-0.3, -0.25) is 19.2 Å². The summed E-state index contributed by atoms with van der Waals surface area (Å²) >= 11 is 1.47. The first-order valence-electron chi connectivity index (χ1n) is 9.99. The van der Waals surface area contributed by atoms with Crippen LogP contribution in [-0.2, 0) is 14.4 Å². The Morgan fingerprint density at radius 3 is 2.52 bits per heavy atom. The molecule has 1 aliphatic carbocycles. The standard InChI is InChI=1S/C21H27N3O8S/c1-32-16-9-11(33-2)3-4-12(16)21(31)24-14-7-10(8-15(25)18(14)28)20(30)23-13(19(22)29)5-6-17(26)27/h3-4,7,9,13-15,18,25,28H,5-6,8H2,1-2H3,(H2,22,29)(H,23,30)(H,24,31)(H,26,27)/t13-,14+,15+,18+/m0/s1. The van der Waals surface area contributed by atoms with Crippen molar-refractivity contribution in [2.75, 3.05) is 13.4 Å². The second-order valence-corrected chi connectivity index (χ2v) is 8.26. The molecule has 1 aromatic rings. The van der Waals surface area contributed by atoms with E-state index in [1.54, 1.807) is 18.2 Å². The largest absolute Gasteiger partial charge is 0.496 e. The second-order valence-electron chi connectivity index (χ2n) is 7.38. The molecule has 12 heteroatoms. The van der Waals surface area contributed by atoms with Crippen LogP contribution in [0.4, 0.5) is 0 Å². The van der Waals surface area contributed by atoms with Crippen molar-refractivity contribution in [1.82, 2.24) is 10.6 Å². The number of rotatable bonds is 10. The zero-order valence-electron chi connectivity index (χ0n) is 18.1. The molecule has 4 atom stereocenters. The van der Waals surface area contributed by atoms with Gasteiger partial charge in [-0.1, -0.05) is 6.08 Å². The van der Waals surface area contributed by atoms with Gasteiger partial charge in [0, 0.05) is 23.3 Å². The first-order chi connectivity index (χ1) is 15.6. The Hall–Kier alpha value is -3.09. The fraction of sp³-hybridized carbons (Fsp3) is 0.429. The molecule has 1 aliphatic rings. The molecule has 0 saturated heterocycles. The van der Waals surface area contributed by atoms with Crippen molar-refractivity contribution in [3.05, 3.63) is 35.4 Å². The van der Waals surface area contributed by atoms with Gasteiger partial charge in [-0.25, -0.2) is 0 Å². The van der Waals surface area contributed by atoms with Crippen LogP contribution in [0.2, 0.25) is 0 Å². The molecule has 11 nitrogen and oxygen atoms in total. The van der Waals surface area contributed by atoms with Crippen LogP contribution in [0.1, 0.15) is 29.6 Å². The number of amides is 3. The minimum atomic E-state index is -1.39. The summed E-state index contributed by atoms with van der Waals surface area (Å²) in [7, 11) is 1.41. The van der Waals surface area contributed by atoms with Crippen LogP contribution in [0.5, 0.6) is 5.75 Å². The molecule has 0 fully saturated rings. The average Bonchev–Trinajstić information content (AvgIpc) is 2.78. The summed E-state index contributed by atoms with van der Waals surface area (Å²) in [5.41, 5.74) is 5.43. The van der Waals surface area contributed by atoms with E-state index in [-0.39, 0.29) is 30.4 Å². The predicted octanol–water partition coefficient (Wildman–Crippen LogP) is -0.598. The summed E-state index contributed by atoms with van der Waals surface area (Å²) in [5.74, 6) is -3.11. The van der Waals surface area contributed by atoms with Crippen molar-refractivity contribution in [3.8, 4) is 5.75 Å². The topological polar surface area (TPSA) is 188 Å². The molecule has 0 radical (unpaired) electrons. The molecule has 180 valence electrons. The Morgan fingerprint density at radius 2 is 1.94 bits per heavy atom. The van der Waals surface area contributed by atoms with Gasteiger partial charge >= 0.3 is 5.97 Å². The zero-order chi connectivity index (χ0) is 24.7. The van der Waals surface area contributed by atoms with Crippen molar-refractivity contribution >= 4 is 35.5 Å². The van der Waals surface area contributed by atoms with Gasteiger partial charge < -0.3 is 36.4 Å². The third-order valence-corrected chi connectivity index (χ3v) is 5.84. The molecular weight excluding hydrogens is 454 g/mol. The van der Waals surface area contributed by atoms with Crippen molar-refractivity contribution < 1.29 is 39.2 Å². The highest BCUT2D eigenvalue weighted by atomic mass is 32.2.